The summed E-state index contributed by atoms with van der Waals surface area (Å²) in [4.78, 5) is 15.2. The molecule has 0 aliphatic rings. The first-order valence-electron chi connectivity index (χ1n) is 31.0. The van der Waals surface area contributed by atoms with Crippen LogP contribution in [0.2, 0.25) is 0 Å². The van der Waals surface area contributed by atoms with E-state index in [2.05, 4.69) is 48.6 Å². The Bertz CT molecular complexity index is 5930. The quantitative estimate of drug-likeness (QED) is 0.125. The van der Waals surface area contributed by atoms with Crippen LogP contribution >= 0.6 is 0 Å². The fourth-order valence-corrected chi connectivity index (χ4v) is 13.1. The zero-order valence-corrected chi connectivity index (χ0v) is 52.0. The van der Waals surface area contributed by atoms with Gasteiger partial charge in [-0.2, -0.15) is 55.3 Å². The molecule has 0 aliphatic heterocycles. The summed E-state index contributed by atoms with van der Waals surface area (Å²) < 4.78 is 51.8. The molecule has 0 aliphatic carbocycles. The van der Waals surface area contributed by atoms with E-state index in [1.54, 1.807) is 54.6 Å². The summed E-state index contributed by atoms with van der Waals surface area (Å²) >= 11 is 0. The molecule has 0 fully saturated rings. The van der Waals surface area contributed by atoms with Crippen molar-refractivity contribution >= 4 is 43.6 Å². The number of hydrogen-bond acceptors (Lipinski definition) is 11. The average Bonchev–Trinajstić information content (AvgIpc) is 1.54. The van der Waals surface area contributed by atoms with E-state index < -0.39 is 11.7 Å². The number of nitrogens with zero attached hydrogens (tertiary/aromatic N) is 13. The molecule has 0 amide bonds. The highest BCUT2D eigenvalue weighted by molar-refractivity contribution is 6.14. The summed E-state index contributed by atoms with van der Waals surface area (Å²) in [6, 6.07) is 87.0. The molecular formula is C84H40F3N13. The molecule has 3 aromatic heterocycles. The Morgan fingerprint density at radius 1 is 0.250 bits per heavy atom. The van der Waals surface area contributed by atoms with Gasteiger partial charge in [0.1, 0.15) is 0 Å². The SMILES string of the molecule is N#Cc1cc(C#N)cc(-c2ccc3c(c2)c2cc(-c4cc(C#N)cc(C#N)c4)ccc2n3-c2ccc(-c3nc(-c4ccccc4)nc(-c4ccccc4)n3)cc2-c2cc(C(F)(F)F)ccc2-n2c3ccc(-c4cc(C#N)cc(C#N)c4)cc3c3cc(-c4cc(C#N)cc(C#N)c4)ccc32)c1. The van der Waals surface area contributed by atoms with Gasteiger partial charge in [0, 0.05) is 49.4 Å². The molecule has 12 aromatic carbocycles. The minimum absolute atomic E-state index is 0.109. The van der Waals surface area contributed by atoms with Gasteiger partial charge in [0.05, 0.1) is 132 Å². The Kier molecular flexibility index (Phi) is 15.1. The van der Waals surface area contributed by atoms with Crippen molar-refractivity contribution in [2.24, 2.45) is 0 Å². The molecule has 0 unspecified atom stereocenters. The third kappa shape index (κ3) is 11.0. The second-order valence-electron chi connectivity index (χ2n) is 23.7. The van der Waals surface area contributed by atoms with Crippen LogP contribution in [0, 0.1) is 90.6 Å². The lowest BCUT2D eigenvalue weighted by molar-refractivity contribution is -0.137. The van der Waals surface area contributed by atoms with Gasteiger partial charge in [0.15, 0.2) is 17.5 Å². The molecule has 15 aromatic rings. The van der Waals surface area contributed by atoms with Crippen molar-refractivity contribution in [3.8, 4) is 150 Å². The largest absolute Gasteiger partial charge is 0.416 e. The Morgan fingerprint density at radius 2 is 0.520 bits per heavy atom. The first-order valence-corrected chi connectivity index (χ1v) is 31.0. The van der Waals surface area contributed by atoms with Crippen LogP contribution < -0.4 is 0 Å². The maximum absolute atomic E-state index is 16.0. The van der Waals surface area contributed by atoms with Gasteiger partial charge in [-0.05, 0) is 202 Å². The molecule has 16 heteroatoms. The molecular weight excluding hydrogens is 1250 g/mol. The van der Waals surface area contributed by atoms with Gasteiger partial charge in [-0.1, -0.05) is 84.9 Å². The molecule has 462 valence electrons. The van der Waals surface area contributed by atoms with Crippen LogP contribution in [0.4, 0.5) is 13.2 Å². The van der Waals surface area contributed by atoms with Crippen molar-refractivity contribution in [3.05, 3.63) is 293 Å². The van der Waals surface area contributed by atoms with Gasteiger partial charge in [-0.15, -0.1) is 0 Å². The van der Waals surface area contributed by atoms with Gasteiger partial charge in [0.25, 0.3) is 0 Å². The zero-order valence-electron chi connectivity index (χ0n) is 52.0. The van der Waals surface area contributed by atoms with Gasteiger partial charge in [0.2, 0.25) is 0 Å². The summed E-state index contributed by atoms with van der Waals surface area (Å²) in [6.45, 7) is 0. The molecule has 0 N–H and O–H groups in total. The normalized spacial score (nSPS) is 11.1. The predicted octanol–water partition coefficient (Wildman–Crippen LogP) is 19.4. The van der Waals surface area contributed by atoms with Crippen molar-refractivity contribution in [2.45, 2.75) is 6.18 Å². The van der Waals surface area contributed by atoms with Crippen molar-refractivity contribution in [3.63, 3.8) is 0 Å². The van der Waals surface area contributed by atoms with Gasteiger partial charge in [-0.3, -0.25) is 0 Å². The molecule has 100 heavy (non-hydrogen) atoms. The number of hydrogen-bond donors (Lipinski definition) is 0. The maximum Gasteiger partial charge on any atom is 0.416 e. The molecule has 0 saturated heterocycles. The lowest BCUT2D eigenvalue weighted by Crippen LogP contribution is -2.08. The average molecular weight is 1290 g/mol. The van der Waals surface area contributed by atoms with Crippen molar-refractivity contribution in [1.82, 2.24) is 24.1 Å². The molecule has 3 heterocycles. The molecule has 15 rings (SSSR count). The van der Waals surface area contributed by atoms with Crippen molar-refractivity contribution in [1.29, 1.82) is 42.1 Å². The third-order valence-corrected chi connectivity index (χ3v) is 17.7. The number of halogens is 3. The van der Waals surface area contributed by atoms with Gasteiger partial charge in [-0.25, -0.2) is 15.0 Å². The van der Waals surface area contributed by atoms with Crippen LogP contribution in [0.25, 0.3) is 145 Å². The topological polar surface area (TPSA) is 239 Å². The summed E-state index contributed by atoms with van der Waals surface area (Å²) in [5.74, 6) is 0.877. The predicted molar refractivity (Wildman–Crippen MR) is 375 cm³/mol. The third-order valence-electron chi connectivity index (χ3n) is 17.7. The molecule has 13 nitrogen and oxygen atoms in total. The smallest absolute Gasteiger partial charge is 0.309 e. The zero-order chi connectivity index (χ0) is 68.9. The first-order chi connectivity index (χ1) is 48.7. The second-order valence-corrected chi connectivity index (χ2v) is 23.7. The number of aromatic nitrogens is 5. The van der Waals surface area contributed by atoms with Crippen LogP contribution in [0.3, 0.4) is 0 Å². The van der Waals surface area contributed by atoms with Crippen LogP contribution in [-0.2, 0) is 6.18 Å². The van der Waals surface area contributed by atoms with E-state index in [-0.39, 0.29) is 61.5 Å². The summed E-state index contributed by atoms with van der Waals surface area (Å²) in [6.07, 6.45) is -4.89. The number of rotatable bonds is 10. The first kappa shape index (κ1) is 61.2. The van der Waals surface area contributed by atoms with Crippen LogP contribution in [-0.4, -0.2) is 24.1 Å². The van der Waals surface area contributed by atoms with E-state index in [1.165, 1.54) is 30.3 Å². The van der Waals surface area contributed by atoms with Crippen LogP contribution in [0.1, 0.15) is 50.1 Å². The van der Waals surface area contributed by atoms with E-state index in [1.807, 2.05) is 155 Å². The number of benzene rings is 12. The van der Waals surface area contributed by atoms with Crippen molar-refractivity contribution in [2.75, 3.05) is 0 Å². The van der Waals surface area contributed by atoms with Crippen LogP contribution in [0.5, 0.6) is 0 Å². The Morgan fingerprint density at radius 3 is 0.810 bits per heavy atom. The maximum atomic E-state index is 16.0. The molecule has 0 bridgehead atoms. The summed E-state index contributed by atoms with van der Waals surface area (Å²) in [5.41, 5.74) is 11.1. The number of fused-ring (bicyclic) bond motifs is 6. The van der Waals surface area contributed by atoms with E-state index in [0.29, 0.717) is 128 Å². The highest BCUT2D eigenvalue weighted by Gasteiger charge is 2.33. The van der Waals surface area contributed by atoms with E-state index in [0.717, 1.165) is 12.1 Å². The lowest BCUT2D eigenvalue weighted by Gasteiger charge is -2.21. The van der Waals surface area contributed by atoms with Gasteiger partial charge >= 0.3 is 6.18 Å². The van der Waals surface area contributed by atoms with E-state index >= 15 is 13.2 Å². The molecule has 0 atom stereocenters. The highest BCUT2D eigenvalue weighted by atomic mass is 19.4. The highest BCUT2D eigenvalue weighted by Crippen LogP contribution is 2.47. The Balaban J connectivity index is 1.06. The standard InChI is InChI=1S/C84H40F3N13/c85-84(86,87)68-16-22-80(100-77-19-13-61(66-31-53(45-92)25-54(32-66)46-93)37-71(77)72-38-62(14-20-78(72)100)67-33-55(47-94)26-56(34-67)48-95)74(40-68)73-39-63(83-97-81(57-7-3-1-4-8-57)96-82(98-83)58-9-5-2-6-10-58)15-21-79(73)99-75-17-11-59(64-27-49(41-88)23-50(28-64)42-89)35-69(75)70-36-60(12-18-76(70)99)65-29-51(43-90)24-52(30-65)44-91/h1-40H. The summed E-state index contributed by atoms with van der Waals surface area (Å²) in [7, 11) is 0. The van der Waals surface area contributed by atoms with Crippen molar-refractivity contribution < 1.29 is 13.2 Å². The monoisotopic (exact) mass is 1290 g/mol. The minimum atomic E-state index is -4.89. The fourth-order valence-electron chi connectivity index (χ4n) is 13.1. The molecule has 0 spiro atoms. The fraction of sp³-hybridized carbons (Fsp3) is 0.0119. The molecule has 0 radical (unpaired) electrons. The second kappa shape index (κ2) is 24.7. The van der Waals surface area contributed by atoms with E-state index in [9.17, 15) is 42.1 Å². The number of alkyl halides is 3. The Hall–Kier alpha value is -15.0. The molecule has 0 saturated carbocycles. The lowest BCUT2D eigenvalue weighted by atomic mass is 9.95. The van der Waals surface area contributed by atoms with E-state index in [4.69, 9.17) is 15.0 Å². The Labute approximate surface area is 568 Å². The van der Waals surface area contributed by atoms with Gasteiger partial charge < -0.3 is 9.13 Å². The summed E-state index contributed by atoms with van der Waals surface area (Å²) in [5, 5.41) is 83.5. The van der Waals surface area contributed by atoms with Crippen LogP contribution in [0.15, 0.2) is 243 Å². The number of nitriles is 8. The minimum Gasteiger partial charge on any atom is -0.309 e.